The van der Waals surface area contributed by atoms with Crippen LogP contribution in [0.3, 0.4) is 0 Å². The molecule has 0 amide bonds. The second-order valence-corrected chi connectivity index (χ2v) is 3.54. The maximum Gasteiger partial charge on any atom is 0.186 e. The molecular weight excluding hydrogens is 180 g/mol. The largest absolute Gasteiger partial charge is 0.359 e. The first-order valence-electron chi connectivity index (χ1n) is 4.89. The molecule has 0 aliphatic carbocycles. The molecule has 2 heterocycles. The second kappa shape index (κ2) is 3.35. The van der Waals surface area contributed by atoms with Gasteiger partial charge in [-0.1, -0.05) is 30.3 Å². The molecule has 74 valence electrons. The van der Waals surface area contributed by atoms with Gasteiger partial charge in [-0.05, 0) is 5.56 Å². The van der Waals surface area contributed by atoms with Crippen LogP contribution in [-0.4, -0.2) is 25.6 Å². The van der Waals surface area contributed by atoms with Gasteiger partial charge >= 0.3 is 0 Å². The molecule has 2 atom stereocenters. The van der Waals surface area contributed by atoms with Crippen molar-refractivity contribution in [2.75, 3.05) is 13.2 Å². The average Bonchev–Trinajstić information content (AvgIpc) is 2.87. The monoisotopic (exact) mass is 192 g/mol. The van der Waals surface area contributed by atoms with Gasteiger partial charge in [-0.2, -0.15) is 0 Å². The van der Waals surface area contributed by atoms with Gasteiger partial charge in [0.2, 0.25) is 0 Å². The van der Waals surface area contributed by atoms with Gasteiger partial charge in [0.05, 0.1) is 13.2 Å². The third kappa shape index (κ3) is 1.43. The molecule has 3 rings (SSSR count). The number of ether oxygens (including phenoxy) is 3. The van der Waals surface area contributed by atoms with E-state index in [4.69, 9.17) is 14.2 Å². The van der Waals surface area contributed by atoms with Gasteiger partial charge in [0, 0.05) is 0 Å². The fourth-order valence-electron chi connectivity index (χ4n) is 1.81. The summed E-state index contributed by atoms with van der Waals surface area (Å²) in [5.74, 6) is 0. The summed E-state index contributed by atoms with van der Waals surface area (Å²) in [6.45, 7) is 1.37. The molecule has 2 aliphatic rings. The zero-order valence-corrected chi connectivity index (χ0v) is 7.76. The van der Waals surface area contributed by atoms with Gasteiger partial charge < -0.3 is 14.2 Å². The van der Waals surface area contributed by atoms with Crippen molar-refractivity contribution >= 4 is 0 Å². The lowest BCUT2D eigenvalue weighted by Gasteiger charge is -2.03. The van der Waals surface area contributed by atoms with Crippen molar-refractivity contribution < 1.29 is 14.2 Å². The molecule has 1 aromatic carbocycles. The summed E-state index contributed by atoms with van der Waals surface area (Å²) in [6, 6.07) is 10.2. The van der Waals surface area contributed by atoms with Gasteiger partial charge in [0.1, 0.15) is 12.2 Å². The van der Waals surface area contributed by atoms with Crippen LogP contribution in [0.25, 0.3) is 0 Å². The maximum atomic E-state index is 5.54. The van der Waals surface area contributed by atoms with Crippen LogP contribution < -0.4 is 0 Å². The molecule has 0 unspecified atom stereocenters. The summed E-state index contributed by atoms with van der Waals surface area (Å²) in [6.07, 6.45) is 0.111. The Balaban J connectivity index is 1.68. The van der Waals surface area contributed by atoms with Gasteiger partial charge in [-0.3, -0.25) is 0 Å². The average molecular weight is 192 g/mol. The van der Waals surface area contributed by atoms with Crippen molar-refractivity contribution in [3.8, 4) is 0 Å². The molecule has 0 N–H and O–H groups in total. The Bertz CT molecular complexity index is 306. The zero-order chi connectivity index (χ0) is 9.38. The van der Waals surface area contributed by atoms with E-state index in [1.807, 2.05) is 18.2 Å². The maximum absolute atomic E-state index is 5.54. The van der Waals surface area contributed by atoms with Gasteiger partial charge in [-0.15, -0.1) is 0 Å². The summed E-state index contributed by atoms with van der Waals surface area (Å²) in [5.41, 5.74) is 1.21. The number of epoxide rings is 1. The van der Waals surface area contributed by atoms with Crippen LogP contribution in [0.4, 0.5) is 0 Å². The van der Waals surface area contributed by atoms with Gasteiger partial charge in [0.15, 0.2) is 6.29 Å². The molecule has 0 radical (unpaired) electrons. The SMILES string of the molecule is c1ccc([C@H]2O[C@@H]2C2OCCO2)cc1. The summed E-state index contributed by atoms with van der Waals surface area (Å²) in [5, 5.41) is 0. The predicted molar refractivity (Wildman–Crippen MR) is 49.7 cm³/mol. The summed E-state index contributed by atoms with van der Waals surface area (Å²) in [7, 11) is 0. The minimum absolute atomic E-state index is 0.0971. The first-order chi connectivity index (χ1) is 6.95. The number of benzene rings is 1. The van der Waals surface area contributed by atoms with E-state index < -0.39 is 0 Å². The minimum atomic E-state index is -0.153. The van der Waals surface area contributed by atoms with E-state index in [1.165, 1.54) is 5.56 Å². The van der Waals surface area contributed by atoms with Crippen LogP contribution in [0.2, 0.25) is 0 Å². The van der Waals surface area contributed by atoms with Crippen LogP contribution in [0.1, 0.15) is 11.7 Å². The van der Waals surface area contributed by atoms with E-state index in [1.54, 1.807) is 0 Å². The molecule has 2 fully saturated rings. The van der Waals surface area contributed by atoms with Crippen molar-refractivity contribution in [1.82, 2.24) is 0 Å². The van der Waals surface area contributed by atoms with Gasteiger partial charge in [-0.25, -0.2) is 0 Å². The van der Waals surface area contributed by atoms with Crippen molar-refractivity contribution in [1.29, 1.82) is 0 Å². The molecule has 0 saturated carbocycles. The van der Waals surface area contributed by atoms with E-state index >= 15 is 0 Å². The molecule has 2 saturated heterocycles. The quantitative estimate of drug-likeness (QED) is 0.665. The van der Waals surface area contributed by atoms with E-state index in [0.29, 0.717) is 13.2 Å². The molecule has 3 heteroatoms. The highest BCUT2D eigenvalue weighted by atomic mass is 16.8. The molecule has 1 aromatic rings. The standard InChI is InChI=1S/C11H12O3/c1-2-4-8(5-3-1)9-10(14-9)11-12-6-7-13-11/h1-5,9-11H,6-7H2/t9-,10+/m1/s1. The Hall–Kier alpha value is -0.900. The Morgan fingerprint density at radius 2 is 1.71 bits per heavy atom. The van der Waals surface area contributed by atoms with Crippen LogP contribution in [0.15, 0.2) is 30.3 Å². The van der Waals surface area contributed by atoms with Crippen LogP contribution >= 0.6 is 0 Å². The Morgan fingerprint density at radius 1 is 1.00 bits per heavy atom. The first kappa shape index (κ1) is 8.41. The minimum Gasteiger partial charge on any atom is -0.359 e. The van der Waals surface area contributed by atoms with E-state index in [0.717, 1.165) is 0 Å². The molecule has 0 spiro atoms. The fourth-order valence-corrected chi connectivity index (χ4v) is 1.81. The molecule has 3 nitrogen and oxygen atoms in total. The molecule has 0 aromatic heterocycles. The Kier molecular flexibility index (Phi) is 2.01. The number of rotatable bonds is 2. The van der Waals surface area contributed by atoms with Crippen LogP contribution in [0.5, 0.6) is 0 Å². The molecule has 2 aliphatic heterocycles. The van der Waals surface area contributed by atoms with Crippen molar-refractivity contribution in [3.63, 3.8) is 0 Å². The highest BCUT2D eigenvalue weighted by molar-refractivity contribution is 5.22. The van der Waals surface area contributed by atoms with Crippen molar-refractivity contribution in [3.05, 3.63) is 35.9 Å². The Morgan fingerprint density at radius 3 is 2.43 bits per heavy atom. The highest BCUT2D eigenvalue weighted by Crippen LogP contribution is 2.42. The normalized spacial score (nSPS) is 32.0. The summed E-state index contributed by atoms with van der Waals surface area (Å²) >= 11 is 0. The molecular formula is C11H12O3. The van der Waals surface area contributed by atoms with Crippen molar-refractivity contribution in [2.24, 2.45) is 0 Å². The topological polar surface area (TPSA) is 31.0 Å². The smallest absolute Gasteiger partial charge is 0.186 e. The van der Waals surface area contributed by atoms with Crippen LogP contribution in [0, 0.1) is 0 Å². The van der Waals surface area contributed by atoms with Crippen LogP contribution in [-0.2, 0) is 14.2 Å². The lowest BCUT2D eigenvalue weighted by Crippen LogP contribution is -2.15. The lowest BCUT2D eigenvalue weighted by atomic mass is 10.1. The molecule has 0 bridgehead atoms. The number of hydrogen-bond donors (Lipinski definition) is 0. The third-order valence-corrected chi connectivity index (χ3v) is 2.57. The lowest BCUT2D eigenvalue weighted by molar-refractivity contribution is -0.0590. The summed E-state index contributed by atoms with van der Waals surface area (Å²) in [4.78, 5) is 0. The highest BCUT2D eigenvalue weighted by Gasteiger charge is 2.48. The van der Waals surface area contributed by atoms with E-state index in [-0.39, 0.29) is 18.5 Å². The predicted octanol–water partition coefficient (Wildman–Crippen LogP) is 1.50. The number of hydrogen-bond acceptors (Lipinski definition) is 3. The fraction of sp³-hybridized carbons (Fsp3) is 0.455. The second-order valence-electron chi connectivity index (χ2n) is 3.54. The van der Waals surface area contributed by atoms with E-state index in [2.05, 4.69) is 12.1 Å². The summed E-state index contributed by atoms with van der Waals surface area (Å²) < 4.78 is 16.3. The third-order valence-electron chi connectivity index (χ3n) is 2.57. The van der Waals surface area contributed by atoms with Gasteiger partial charge in [0.25, 0.3) is 0 Å². The van der Waals surface area contributed by atoms with E-state index in [9.17, 15) is 0 Å². The Labute approximate surface area is 82.6 Å². The first-order valence-corrected chi connectivity index (χ1v) is 4.89. The molecule has 14 heavy (non-hydrogen) atoms. The van der Waals surface area contributed by atoms with Crippen molar-refractivity contribution in [2.45, 2.75) is 18.5 Å². The zero-order valence-electron chi connectivity index (χ0n) is 7.76.